The number of anilines is 1. The fourth-order valence-corrected chi connectivity index (χ4v) is 3.23. The van der Waals surface area contributed by atoms with E-state index in [0.29, 0.717) is 42.8 Å². The number of halogens is 3. The van der Waals surface area contributed by atoms with E-state index >= 15 is 0 Å². The van der Waals surface area contributed by atoms with E-state index in [2.05, 4.69) is 15.4 Å². The summed E-state index contributed by atoms with van der Waals surface area (Å²) in [5, 5.41) is 17.7. The molecule has 1 atom stereocenters. The predicted molar refractivity (Wildman–Crippen MR) is 132 cm³/mol. The molecule has 1 heterocycles. The van der Waals surface area contributed by atoms with E-state index in [1.807, 2.05) is 39.8 Å². The third kappa shape index (κ3) is 7.96. The van der Waals surface area contributed by atoms with Gasteiger partial charge >= 0.3 is 12.2 Å². The number of aliphatic hydroxyl groups is 1. The molecule has 0 aliphatic heterocycles. The second kappa shape index (κ2) is 12.2. The average molecular weight is 507 g/mol. The second-order valence-electron chi connectivity index (χ2n) is 9.42. The minimum Gasteiger partial charge on any atom is -0.462 e. The molecule has 0 radical (unpaired) electrons. The maximum atomic E-state index is 13.0. The van der Waals surface area contributed by atoms with Gasteiger partial charge in [0.2, 0.25) is 0 Å². The summed E-state index contributed by atoms with van der Waals surface area (Å²) in [6.45, 7) is 9.64. The summed E-state index contributed by atoms with van der Waals surface area (Å²) in [6, 6.07) is 12.2. The number of benzene rings is 2. The molecule has 1 aromatic heterocycles. The van der Waals surface area contributed by atoms with Crippen LogP contribution in [-0.4, -0.2) is 52.3 Å². The highest BCUT2D eigenvalue weighted by Crippen LogP contribution is 2.31. The standard InChI is InChI=1S/C26H33F3N4O3/c1-17(2)14-35-16-23(34)13-30-21-9-11-22(12-10-21)33-24(31-25(32-33)36-15-18(3)4)19-5-7-20(8-6-19)26(27,28)29/h5-12,17-18,23,30,34H,13-16H2,1-4H3. The molecule has 0 spiro atoms. The monoisotopic (exact) mass is 506 g/mol. The quantitative estimate of drug-likeness (QED) is 0.341. The highest BCUT2D eigenvalue weighted by atomic mass is 19.4. The Kier molecular flexibility index (Phi) is 9.33. The van der Waals surface area contributed by atoms with E-state index in [1.165, 1.54) is 16.8 Å². The summed E-state index contributed by atoms with van der Waals surface area (Å²) >= 11 is 0. The van der Waals surface area contributed by atoms with Crippen LogP contribution in [0.15, 0.2) is 48.5 Å². The first kappa shape index (κ1) is 27.5. The Morgan fingerprint density at radius 2 is 1.56 bits per heavy atom. The Bertz CT molecular complexity index is 1080. The fourth-order valence-electron chi connectivity index (χ4n) is 3.23. The molecule has 0 fully saturated rings. The molecule has 10 heteroatoms. The largest absolute Gasteiger partial charge is 0.462 e. The van der Waals surface area contributed by atoms with Crippen LogP contribution in [-0.2, 0) is 10.9 Å². The molecule has 0 saturated carbocycles. The van der Waals surface area contributed by atoms with Gasteiger partial charge in [0.1, 0.15) is 0 Å². The van der Waals surface area contributed by atoms with Crippen LogP contribution in [0, 0.1) is 11.8 Å². The normalized spacial score (nSPS) is 12.8. The lowest BCUT2D eigenvalue weighted by Gasteiger charge is -2.14. The first-order chi connectivity index (χ1) is 17.0. The number of alkyl halides is 3. The van der Waals surface area contributed by atoms with Gasteiger partial charge in [-0.2, -0.15) is 18.2 Å². The lowest BCUT2D eigenvalue weighted by atomic mass is 10.1. The van der Waals surface area contributed by atoms with Crippen molar-refractivity contribution in [3.05, 3.63) is 54.1 Å². The van der Waals surface area contributed by atoms with Crippen LogP contribution in [0.25, 0.3) is 17.1 Å². The number of hydrogen-bond donors (Lipinski definition) is 2. The van der Waals surface area contributed by atoms with E-state index in [1.54, 1.807) is 12.1 Å². The average Bonchev–Trinajstić information content (AvgIpc) is 3.25. The maximum absolute atomic E-state index is 13.0. The Balaban J connectivity index is 1.77. The summed E-state index contributed by atoms with van der Waals surface area (Å²) < 4.78 is 51.7. The predicted octanol–water partition coefficient (Wildman–Crippen LogP) is 5.43. The number of aromatic nitrogens is 3. The number of nitrogens with zero attached hydrogens (tertiary/aromatic N) is 3. The zero-order valence-electron chi connectivity index (χ0n) is 20.9. The molecule has 2 aromatic carbocycles. The van der Waals surface area contributed by atoms with E-state index in [9.17, 15) is 18.3 Å². The molecule has 0 aliphatic rings. The van der Waals surface area contributed by atoms with Gasteiger partial charge < -0.3 is 19.9 Å². The zero-order chi connectivity index (χ0) is 26.3. The highest BCUT2D eigenvalue weighted by Gasteiger charge is 2.30. The third-order valence-corrected chi connectivity index (χ3v) is 5.02. The maximum Gasteiger partial charge on any atom is 0.416 e. The Hall–Kier alpha value is -3.11. The summed E-state index contributed by atoms with van der Waals surface area (Å²) in [7, 11) is 0. The van der Waals surface area contributed by atoms with Crippen molar-refractivity contribution in [1.29, 1.82) is 0 Å². The van der Waals surface area contributed by atoms with Crippen LogP contribution in [0.1, 0.15) is 33.3 Å². The number of ether oxygens (including phenoxy) is 2. The van der Waals surface area contributed by atoms with E-state index in [0.717, 1.165) is 17.8 Å². The first-order valence-electron chi connectivity index (χ1n) is 11.9. The summed E-state index contributed by atoms with van der Waals surface area (Å²) in [6.07, 6.45) is -5.07. The Morgan fingerprint density at radius 3 is 2.14 bits per heavy atom. The van der Waals surface area contributed by atoms with Crippen LogP contribution in [0.2, 0.25) is 0 Å². The van der Waals surface area contributed by atoms with Gasteiger partial charge in [-0.05, 0) is 48.2 Å². The van der Waals surface area contributed by atoms with Gasteiger partial charge in [0, 0.05) is 24.4 Å². The van der Waals surface area contributed by atoms with Crippen molar-refractivity contribution in [2.75, 3.05) is 31.7 Å². The third-order valence-electron chi connectivity index (χ3n) is 5.02. The van der Waals surface area contributed by atoms with Crippen LogP contribution in [0.5, 0.6) is 6.01 Å². The second-order valence-corrected chi connectivity index (χ2v) is 9.42. The molecule has 0 bridgehead atoms. The van der Waals surface area contributed by atoms with Gasteiger partial charge in [-0.15, -0.1) is 5.10 Å². The Morgan fingerprint density at radius 1 is 0.917 bits per heavy atom. The van der Waals surface area contributed by atoms with Crippen molar-refractivity contribution in [2.45, 2.75) is 40.0 Å². The summed E-state index contributed by atoms with van der Waals surface area (Å²) in [4.78, 5) is 4.43. The van der Waals surface area contributed by atoms with Crippen LogP contribution in [0.3, 0.4) is 0 Å². The molecule has 0 aliphatic carbocycles. The molecule has 3 rings (SSSR count). The Labute approximate surface area is 209 Å². The van der Waals surface area contributed by atoms with Crippen LogP contribution in [0.4, 0.5) is 18.9 Å². The van der Waals surface area contributed by atoms with E-state index in [-0.39, 0.29) is 18.5 Å². The molecular formula is C26H33F3N4O3. The number of aliphatic hydroxyl groups excluding tert-OH is 1. The molecule has 3 aromatic rings. The number of rotatable bonds is 12. The smallest absolute Gasteiger partial charge is 0.416 e. The highest BCUT2D eigenvalue weighted by molar-refractivity contribution is 5.60. The lowest BCUT2D eigenvalue weighted by Crippen LogP contribution is -2.25. The van der Waals surface area contributed by atoms with Gasteiger partial charge in [0.25, 0.3) is 0 Å². The number of hydrogen-bond acceptors (Lipinski definition) is 6. The molecule has 7 nitrogen and oxygen atoms in total. The van der Waals surface area contributed by atoms with Gasteiger partial charge in [-0.1, -0.05) is 39.8 Å². The summed E-state index contributed by atoms with van der Waals surface area (Å²) in [5.74, 6) is 1.02. The van der Waals surface area contributed by atoms with Crippen molar-refractivity contribution >= 4 is 5.69 Å². The van der Waals surface area contributed by atoms with Crippen molar-refractivity contribution in [3.8, 4) is 23.1 Å². The molecule has 0 amide bonds. The minimum absolute atomic E-state index is 0.144. The van der Waals surface area contributed by atoms with E-state index < -0.39 is 17.8 Å². The van der Waals surface area contributed by atoms with Gasteiger partial charge in [0.15, 0.2) is 5.82 Å². The zero-order valence-corrected chi connectivity index (χ0v) is 20.9. The van der Waals surface area contributed by atoms with Crippen molar-refractivity contribution in [3.63, 3.8) is 0 Å². The van der Waals surface area contributed by atoms with E-state index in [4.69, 9.17) is 9.47 Å². The van der Waals surface area contributed by atoms with Gasteiger partial charge in [-0.25, -0.2) is 4.68 Å². The molecule has 36 heavy (non-hydrogen) atoms. The van der Waals surface area contributed by atoms with Crippen molar-refractivity contribution in [1.82, 2.24) is 14.8 Å². The van der Waals surface area contributed by atoms with Crippen molar-refractivity contribution < 1.29 is 27.8 Å². The fraction of sp³-hybridized carbons (Fsp3) is 0.462. The molecule has 1 unspecified atom stereocenters. The molecule has 196 valence electrons. The molecule has 0 saturated heterocycles. The summed E-state index contributed by atoms with van der Waals surface area (Å²) in [5.41, 5.74) is 1.18. The molecule has 2 N–H and O–H groups in total. The van der Waals surface area contributed by atoms with Crippen LogP contribution < -0.4 is 10.1 Å². The number of nitrogens with one attached hydrogen (secondary N) is 1. The SMILES string of the molecule is CC(C)COCC(O)CNc1ccc(-n2nc(OCC(C)C)nc2-c2ccc(C(F)(F)F)cc2)cc1. The van der Waals surface area contributed by atoms with Gasteiger partial charge in [-0.3, -0.25) is 0 Å². The minimum atomic E-state index is -4.42. The van der Waals surface area contributed by atoms with Crippen LogP contribution >= 0.6 is 0 Å². The molecular weight excluding hydrogens is 473 g/mol. The first-order valence-corrected chi connectivity index (χ1v) is 11.9. The van der Waals surface area contributed by atoms with Gasteiger partial charge in [0.05, 0.1) is 30.6 Å². The van der Waals surface area contributed by atoms with Crippen molar-refractivity contribution in [2.24, 2.45) is 11.8 Å². The lowest BCUT2D eigenvalue weighted by molar-refractivity contribution is -0.137. The topological polar surface area (TPSA) is 81.4 Å².